The van der Waals surface area contributed by atoms with Crippen LogP contribution < -0.4 is 0 Å². The van der Waals surface area contributed by atoms with E-state index in [0.717, 1.165) is 22.4 Å². The molecule has 4 nitrogen and oxygen atoms in total. The summed E-state index contributed by atoms with van der Waals surface area (Å²) in [5, 5.41) is 5.44. The molecule has 0 spiro atoms. The van der Waals surface area contributed by atoms with Crippen LogP contribution in [0.5, 0.6) is 0 Å². The number of hydrogen-bond acceptors (Lipinski definition) is 4. The topological polar surface area (TPSA) is 43.1 Å². The molecular weight excluding hydrogens is 280 g/mol. The van der Waals surface area contributed by atoms with Gasteiger partial charge in [0.2, 0.25) is 5.16 Å². The Morgan fingerprint density at radius 3 is 2.76 bits per heavy atom. The molecule has 0 aliphatic heterocycles. The summed E-state index contributed by atoms with van der Waals surface area (Å²) >= 11 is 1.66. The number of hydrogen-bond donors (Lipinski definition) is 0. The first-order chi connectivity index (χ1) is 10.3. The van der Waals surface area contributed by atoms with Crippen molar-refractivity contribution in [2.24, 2.45) is 0 Å². The van der Waals surface area contributed by atoms with Gasteiger partial charge in [0.15, 0.2) is 0 Å². The molecule has 2 aromatic heterocycles. The summed E-state index contributed by atoms with van der Waals surface area (Å²) in [4.78, 5) is 9.06. The molecule has 3 aromatic rings. The molecule has 0 unspecified atom stereocenters. The molecule has 106 valence electrons. The Kier molecular flexibility index (Phi) is 3.15. The van der Waals surface area contributed by atoms with Crippen molar-refractivity contribution in [1.29, 1.82) is 0 Å². The molecule has 1 saturated carbocycles. The zero-order valence-electron chi connectivity index (χ0n) is 11.9. The number of nitrogens with zero attached hydrogens (tertiary/aromatic N) is 4. The summed E-state index contributed by atoms with van der Waals surface area (Å²) in [6.45, 7) is 2.03. The molecule has 0 saturated heterocycles. The minimum atomic E-state index is 0.642. The number of benzene rings is 1. The van der Waals surface area contributed by atoms with E-state index in [4.69, 9.17) is 0 Å². The Balaban J connectivity index is 1.63. The van der Waals surface area contributed by atoms with Gasteiger partial charge in [-0.2, -0.15) is 9.50 Å². The van der Waals surface area contributed by atoms with Crippen LogP contribution in [0, 0.1) is 6.92 Å². The first-order valence-corrected chi connectivity index (χ1v) is 8.19. The normalized spacial score (nSPS) is 14.7. The van der Waals surface area contributed by atoms with Crippen molar-refractivity contribution in [1.82, 2.24) is 19.6 Å². The lowest BCUT2D eigenvalue weighted by Gasteiger charge is -2.02. The van der Waals surface area contributed by atoms with E-state index in [0.29, 0.717) is 5.92 Å². The minimum absolute atomic E-state index is 0.642. The summed E-state index contributed by atoms with van der Waals surface area (Å²) in [6, 6.07) is 12.5. The van der Waals surface area contributed by atoms with E-state index in [9.17, 15) is 0 Å². The molecule has 4 rings (SSSR count). The second-order valence-corrected chi connectivity index (χ2v) is 6.42. The van der Waals surface area contributed by atoms with Gasteiger partial charge in [0.25, 0.3) is 5.78 Å². The van der Waals surface area contributed by atoms with E-state index in [1.54, 1.807) is 11.8 Å². The number of fused-ring (bicyclic) bond motifs is 1. The highest BCUT2D eigenvalue weighted by Crippen LogP contribution is 2.40. The third-order valence-corrected chi connectivity index (χ3v) is 4.56. The first-order valence-electron chi connectivity index (χ1n) is 7.20. The van der Waals surface area contributed by atoms with E-state index in [-0.39, 0.29) is 0 Å². The van der Waals surface area contributed by atoms with E-state index in [2.05, 4.69) is 45.4 Å². The molecule has 1 fully saturated rings. The molecule has 1 aliphatic rings. The van der Waals surface area contributed by atoms with Gasteiger partial charge >= 0.3 is 0 Å². The third kappa shape index (κ3) is 2.65. The van der Waals surface area contributed by atoms with Crippen LogP contribution >= 0.6 is 11.8 Å². The fourth-order valence-corrected chi connectivity index (χ4v) is 3.22. The standard InChI is InChI=1S/C16H16N4S/c1-11-9-14(13-7-8-13)20-15(17-11)18-16(19-20)21-10-12-5-3-2-4-6-12/h2-6,9,13H,7-8,10H2,1H3. The maximum absolute atomic E-state index is 4.64. The van der Waals surface area contributed by atoms with E-state index >= 15 is 0 Å². The van der Waals surface area contributed by atoms with Gasteiger partial charge in [-0.15, -0.1) is 5.10 Å². The van der Waals surface area contributed by atoms with Crippen molar-refractivity contribution in [3.05, 3.63) is 53.3 Å². The number of rotatable bonds is 4. The van der Waals surface area contributed by atoms with E-state index in [1.165, 1.54) is 24.1 Å². The van der Waals surface area contributed by atoms with Crippen molar-refractivity contribution >= 4 is 17.5 Å². The summed E-state index contributed by atoms with van der Waals surface area (Å²) in [5.74, 6) is 2.26. The Bertz CT molecular complexity index is 778. The second kappa shape index (κ2) is 5.15. The number of thioether (sulfide) groups is 1. The molecule has 0 amide bonds. The zero-order chi connectivity index (χ0) is 14.2. The van der Waals surface area contributed by atoms with Gasteiger partial charge in [-0.1, -0.05) is 42.1 Å². The number of aryl methyl sites for hydroxylation is 1. The van der Waals surface area contributed by atoms with E-state index < -0.39 is 0 Å². The van der Waals surface area contributed by atoms with Crippen LogP contribution in [-0.2, 0) is 5.75 Å². The Labute approximate surface area is 127 Å². The Hall–Kier alpha value is -1.88. The van der Waals surface area contributed by atoms with Crippen LogP contribution in [0.25, 0.3) is 5.78 Å². The van der Waals surface area contributed by atoms with Crippen molar-refractivity contribution in [3.63, 3.8) is 0 Å². The van der Waals surface area contributed by atoms with Gasteiger partial charge < -0.3 is 0 Å². The monoisotopic (exact) mass is 296 g/mol. The van der Waals surface area contributed by atoms with Gasteiger partial charge in [-0.25, -0.2) is 4.98 Å². The van der Waals surface area contributed by atoms with Crippen molar-refractivity contribution in [3.8, 4) is 0 Å². The first kappa shape index (κ1) is 12.8. The molecule has 5 heteroatoms. The van der Waals surface area contributed by atoms with Gasteiger partial charge in [0, 0.05) is 17.4 Å². The average molecular weight is 296 g/mol. The van der Waals surface area contributed by atoms with Crippen LogP contribution in [0.15, 0.2) is 41.6 Å². The third-order valence-electron chi connectivity index (χ3n) is 3.65. The fraction of sp³-hybridized carbons (Fsp3) is 0.312. The molecule has 0 bridgehead atoms. The molecule has 0 radical (unpaired) electrons. The molecule has 2 heterocycles. The fourth-order valence-electron chi connectivity index (χ4n) is 2.45. The molecule has 1 aromatic carbocycles. The van der Waals surface area contributed by atoms with Crippen molar-refractivity contribution in [2.75, 3.05) is 0 Å². The van der Waals surface area contributed by atoms with E-state index in [1.807, 2.05) is 17.5 Å². The lowest BCUT2D eigenvalue weighted by molar-refractivity contribution is 0.805. The largest absolute Gasteiger partial charge is 0.253 e. The quantitative estimate of drug-likeness (QED) is 0.690. The summed E-state index contributed by atoms with van der Waals surface area (Å²) in [5.41, 5.74) is 3.57. The van der Waals surface area contributed by atoms with Gasteiger partial charge in [-0.05, 0) is 31.4 Å². The molecule has 0 atom stereocenters. The lowest BCUT2D eigenvalue weighted by atomic mass is 10.2. The van der Waals surface area contributed by atoms with Gasteiger partial charge in [-0.3, -0.25) is 0 Å². The SMILES string of the molecule is Cc1cc(C2CC2)n2nc(SCc3ccccc3)nc2n1. The van der Waals surface area contributed by atoms with Gasteiger partial charge in [0.05, 0.1) is 5.69 Å². The molecule has 1 aliphatic carbocycles. The summed E-state index contributed by atoms with van der Waals surface area (Å²) < 4.78 is 1.93. The van der Waals surface area contributed by atoms with Crippen LogP contribution in [0.1, 0.15) is 35.7 Å². The van der Waals surface area contributed by atoms with Crippen molar-refractivity contribution < 1.29 is 0 Å². The van der Waals surface area contributed by atoms with Crippen molar-refractivity contribution in [2.45, 2.75) is 36.6 Å². The predicted molar refractivity (Wildman–Crippen MR) is 83.5 cm³/mol. The zero-order valence-corrected chi connectivity index (χ0v) is 12.7. The van der Waals surface area contributed by atoms with Crippen LogP contribution in [0.4, 0.5) is 0 Å². The smallest absolute Gasteiger partial charge is 0.216 e. The highest BCUT2D eigenvalue weighted by molar-refractivity contribution is 7.98. The summed E-state index contributed by atoms with van der Waals surface area (Å²) in [6.07, 6.45) is 2.51. The average Bonchev–Trinajstić information content (AvgIpc) is 3.26. The minimum Gasteiger partial charge on any atom is -0.216 e. The highest BCUT2D eigenvalue weighted by atomic mass is 32.2. The van der Waals surface area contributed by atoms with Crippen LogP contribution in [-0.4, -0.2) is 19.6 Å². The second-order valence-electron chi connectivity index (χ2n) is 5.48. The maximum Gasteiger partial charge on any atom is 0.253 e. The van der Waals surface area contributed by atoms with Crippen LogP contribution in [0.3, 0.4) is 0 Å². The maximum atomic E-state index is 4.64. The number of aromatic nitrogens is 4. The Morgan fingerprint density at radius 2 is 2.00 bits per heavy atom. The lowest BCUT2D eigenvalue weighted by Crippen LogP contribution is -2.00. The molecule has 21 heavy (non-hydrogen) atoms. The Morgan fingerprint density at radius 1 is 1.19 bits per heavy atom. The molecular formula is C16H16N4S. The van der Waals surface area contributed by atoms with Gasteiger partial charge in [0.1, 0.15) is 0 Å². The summed E-state index contributed by atoms with van der Waals surface area (Å²) in [7, 11) is 0. The molecule has 0 N–H and O–H groups in total. The van der Waals surface area contributed by atoms with Crippen LogP contribution in [0.2, 0.25) is 0 Å². The highest BCUT2D eigenvalue weighted by Gasteiger charge is 2.27. The predicted octanol–water partition coefficient (Wildman–Crippen LogP) is 3.60.